The molecule has 2 heterocycles. The lowest BCUT2D eigenvalue weighted by atomic mass is 10.2. The minimum Gasteiger partial charge on any atom is -0.462 e. The minimum absolute atomic E-state index is 0.335. The van der Waals surface area contributed by atoms with Gasteiger partial charge in [0, 0.05) is 11.6 Å². The SMILES string of the molecule is CCOC(=O)c1cnc(NCc2cscn2)nc1C. The number of carbonyl (C=O) groups is 1. The number of aromatic nitrogens is 3. The largest absolute Gasteiger partial charge is 0.462 e. The van der Waals surface area contributed by atoms with Crippen molar-refractivity contribution in [1.29, 1.82) is 0 Å². The summed E-state index contributed by atoms with van der Waals surface area (Å²) in [5.74, 6) is 0.0737. The first-order valence-corrected chi connectivity index (χ1v) is 6.76. The second-order valence-electron chi connectivity index (χ2n) is 3.75. The summed E-state index contributed by atoms with van der Waals surface area (Å²) in [6, 6.07) is 0. The van der Waals surface area contributed by atoms with E-state index in [-0.39, 0.29) is 0 Å². The molecule has 6 nitrogen and oxygen atoms in total. The Balaban J connectivity index is 2.04. The van der Waals surface area contributed by atoms with Gasteiger partial charge in [0.15, 0.2) is 0 Å². The molecule has 100 valence electrons. The van der Waals surface area contributed by atoms with Crippen molar-refractivity contribution in [3.05, 3.63) is 34.0 Å². The molecule has 0 aromatic carbocycles. The summed E-state index contributed by atoms with van der Waals surface area (Å²) in [5.41, 5.74) is 3.68. The van der Waals surface area contributed by atoms with E-state index in [1.54, 1.807) is 19.4 Å². The number of thiazole rings is 1. The van der Waals surface area contributed by atoms with Crippen LogP contribution < -0.4 is 5.32 Å². The minimum atomic E-state index is -0.397. The number of hydrogen-bond donors (Lipinski definition) is 1. The molecule has 2 aromatic rings. The summed E-state index contributed by atoms with van der Waals surface area (Å²) in [4.78, 5) is 24.1. The molecule has 2 rings (SSSR count). The summed E-state index contributed by atoms with van der Waals surface area (Å²) in [7, 11) is 0. The normalized spacial score (nSPS) is 10.2. The molecule has 0 aliphatic rings. The maximum Gasteiger partial charge on any atom is 0.341 e. The fraction of sp³-hybridized carbons (Fsp3) is 0.333. The van der Waals surface area contributed by atoms with Gasteiger partial charge in [-0.3, -0.25) is 0 Å². The van der Waals surface area contributed by atoms with E-state index in [0.29, 0.717) is 30.4 Å². The Bertz CT molecular complexity index is 557. The maximum atomic E-state index is 11.6. The number of ether oxygens (including phenoxy) is 1. The molecule has 0 amide bonds. The van der Waals surface area contributed by atoms with Crippen LogP contribution >= 0.6 is 11.3 Å². The molecule has 19 heavy (non-hydrogen) atoms. The topological polar surface area (TPSA) is 77.0 Å². The van der Waals surface area contributed by atoms with Gasteiger partial charge < -0.3 is 10.1 Å². The number of esters is 1. The molecule has 0 saturated carbocycles. The highest BCUT2D eigenvalue weighted by Crippen LogP contribution is 2.10. The van der Waals surface area contributed by atoms with Crippen molar-refractivity contribution >= 4 is 23.3 Å². The van der Waals surface area contributed by atoms with Crippen molar-refractivity contribution in [2.45, 2.75) is 20.4 Å². The van der Waals surface area contributed by atoms with Gasteiger partial charge in [-0.25, -0.2) is 19.7 Å². The van der Waals surface area contributed by atoms with Gasteiger partial charge in [0.05, 0.1) is 35.6 Å². The molecule has 0 spiro atoms. The van der Waals surface area contributed by atoms with Crippen molar-refractivity contribution < 1.29 is 9.53 Å². The predicted octanol–water partition coefficient (Wildman–Crippen LogP) is 2.03. The molecule has 0 aliphatic heterocycles. The number of carbonyl (C=O) groups excluding carboxylic acids is 1. The highest BCUT2D eigenvalue weighted by atomic mass is 32.1. The summed E-state index contributed by atoms with van der Waals surface area (Å²) in [5, 5.41) is 5.01. The number of aryl methyl sites for hydroxylation is 1. The molecule has 0 radical (unpaired) electrons. The Hall–Kier alpha value is -2.02. The quantitative estimate of drug-likeness (QED) is 0.843. The molecule has 0 bridgehead atoms. The number of anilines is 1. The highest BCUT2D eigenvalue weighted by Gasteiger charge is 2.12. The van der Waals surface area contributed by atoms with Crippen LogP contribution in [0.4, 0.5) is 5.95 Å². The van der Waals surface area contributed by atoms with Crippen molar-refractivity contribution in [2.24, 2.45) is 0 Å². The summed E-state index contributed by atoms with van der Waals surface area (Å²) < 4.78 is 4.92. The molecule has 2 aromatic heterocycles. The Morgan fingerprint density at radius 2 is 2.32 bits per heavy atom. The third kappa shape index (κ3) is 3.47. The Kier molecular flexibility index (Phi) is 4.40. The van der Waals surface area contributed by atoms with E-state index in [2.05, 4.69) is 20.3 Å². The smallest absolute Gasteiger partial charge is 0.341 e. The number of rotatable bonds is 5. The van der Waals surface area contributed by atoms with Gasteiger partial charge in [0.1, 0.15) is 0 Å². The van der Waals surface area contributed by atoms with E-state index in [0.717, 1.165) is 5.69 Å². The van der Waals surface area contributed by atoms with Crippen LogP contribution in [0.15, 0.2) is 17.1 Å². The Morgan fingerprint density at radius 3 is 2.95 bits per heavy atom. The van der Waals surface area contributed by atoms with Gasteiger partial charge >= 0.3 is 5.97 Å². The van der Waals surface area contributed by atoms with Gasteiger partial charge in [-0.15, -0.1) is 11.3 Å². The van der Waals surface area contributed by atoms with Gasteiger partial charge in [-0.1, -0.05) is 0 Å². The summed E-state index contributed by atoms with van der Waals surface area (Å²) in [6.45, 7) is 4.41. The van der Waals surface area contributed by atoms with Crippen LogP contribution in [0.5, 0.6) is 0 Å². The zero-order valence-electron chi connectivity index (χ0n) is 10.7. The fourth-order valence-corrected chi connectivity index (χ4v) is 2.01. The van der Waals surface area contributed by atoms with Gasteiger partial charge in [0.25, 0.3) is 0 Å². The van der Waals surface area contributed by atoms with Crippen LogP contribution in [0.2, 0.25) is 0 Å². The number of nitrogens with one attached hydrogen (secondary N) is 1. The fourth-order valence-electron chi connectivity index (χ4n) is 1.46. The molecule has 0 aliphatic carbocycles. The van der Waals surface area contributed by atoms with Crippen molar-refractivity contribution in [3.63, 3.8) is 0 Å². The molecule has 0 fully saturated rings. The van der Waals surface area contributed by atoms with E-state index in [9.17, 15) is 4.79 Å². The number of hydrogen-bond acceptors (Lipinski definition) is 7. The molecule has 1 N–H and O–H groups in total. The van der Waals surface area contributed by atoms with Crippen molar-refractivity contribution in [3.8, 4) is 0 Å². The van der Waals surface area contributed by atoms with Crippen LogP contribution in [0.1, 0.15) is 28.7 Å². The monoisotopic (exact) mass is 278 g/mol. The lowest BCUT2D eigenvalue weighted by Gasteiger charge is -2.07. The standard InChI is InChI=1S/C12H14N4O2S/c1-3-18-11(17)10-5-14-12(16-8(10)2)13-4-9-6-19-7-15-9/h5-7H,3-4H2,1-2H3,(H,13,14,16). The summed E-state index contributed by atoms with van der Waals surface area (Å²) in [6.07, 6.45) is 1.48. The lowest BCUT2D eigenvalue weighted by Crippen LogP contribution is -2.11. The highest BCUT2D eigenvalue weighted by molar-refractivity contribution is 7.07. The first kappa shape index (κ1) is 13.4. The molecular formula is C12H14N4O2S. The van der Waals surface area contributed by atoms with Crippen LogP contribution in [0.3, 0.4) is 0 Å². The van der Waals surface area contributed by atoms with Crippen LogP contribution in [0.25, 0.3) is 0 Å². The zero-order valence-corrected chi connectivity index (χ0v) is 11.5. The average Bonchev–Trinajstić information content (AvgIpc) is 2.89. The van der Waals surface area contributed by atoms with E-state index < -0.39 is 5.97 Å². The Labute approximate surface area is 114 Å². The summed E-state index contributed by atoms with van der Waals surface area (Å²) >= 11 is 1.54. The van der Waals surface area contributed by atoms with Gasteiger partial charge in [-0.2, -0.15) is 0 Å². The van der Waals surface area contributed by atoms with Crippen molar-refractivity contribution in [2.75, 3.05) is 11.9 Å². The first-order valence-electron chi connectivity index (χ1n) is 5.82. The van der Waals surface area contributed by atoms with E-state index in [1.807, 2.05) is 5.38 Å². The second-order valence-corrected chi connectivity index (χ2v) is 4.47. The maximum absolute atomic E-state index is 11.6. The van der Waals surface area contributed by atoms with Crippen LogP contribution in [-0.4, -0.2) is 27.5 Å². The zero-order chi connectivity index (χ0) is 13.7. The molecule has 0 atom stereocenters. The number of nitrogens with zero attached hydrogens (tertiary/aromatic N) is 3. The lowest BCUT2D eigenvalue weighted by molar-refractivity contribution is 0.0524. The Morgan fingerprint density at radius 1 is 1.47 bits per heavy atom. The van der Waals surface area contributed by atoms with E-state index in [1.165, 1.54) is 17.5 Å². The average molecular weight is 278 g/mol. The molecular weight excluding hydrogens is 264 g/mol. The first-order chi connectivity index (χ1) is 9.20. The van der Waals surface area contributed by atoms with Crippen LogP contribution in [-0.2, 0) is 11.3 Å². The van der Waals surface area contributed by atoms with Gasteiger partial charge in [0.2, 0.25) is 5.95 Å². The van der Waals surface area contributed by atoms with Crippen molar-refractivity contribution in [1.82, 2.24) is 15.0 Å². The molecule has 0 unspecified atom stereocenters. The van der Waals surface area contributed by atoms with E-state index >= 15 is 0 Å². The third-order valence-corrected chi connectivity index (χ3v) is 3.02. The van der Waals surface area contributed by atoms with Gasteiger partial charge in [-0.05, 0) is 13.8 Å². The molecule has 0 saturated heterocycles. The van der Waals surface area contributed by atoms with E-state index in [4.69, 9.17) is 4.74 Å². The second kappa shape index (κ2) is 6.24. The predicted molar refractivity (Wildman–Crippen MR) is 72.2 cm³/mol. The molecule has 7 heteroatoms. The van der Waals surface area contributed by atoms with Crippen LogP contribution in [0, 0.1) is 6.92 Å². The third-order valence-electron chi connectivity index (χ3n) is 2.39.